The summed E-state index contributed by atoms with van der Waals surface area (Å²) in [5.41, 5.74) is 2.47. The second kappa shape index (κ2) is 4.25. The zero-order valence-corrected chi connectivity index (χ0v) is 11.0. The number of rotatable bonds is 3. The van der Waals surface area contributed by atoms with Gasteiger partial charge in [-0.2, -0.15) is 0 Å². The van der Waals surface area contributed by atoms with Crippen molar-refractivity contribution in [2.75, 3.05) is 5.32 Å². The van der Waals surface area contributed by atoms with Gasteiger partial charge in [0.25, 0.3) is 0 Å². The van der Waals surface area contributed by atoms with E-state index >= 15 is 0 Å². The summed E-state index contributed by atoms with van der Waals surface area (Å²) in [6.45, 7) is 2.06. The standard InChI is InChI=1S/C14H16ClNO2/c1-7(8-2-3-8)14(18)10-4-9-5-13(17)16-12(9)6-11(10)15/h4,6-8,14,18H,2-3,5H2,1H3,(H,16,17). The smallest absolute Gasteiger partial charge is 0.228 e. The molecule has 0 aromatic heterocycles. The summed E-state index contributed by atoms with van der Waals surface area (Å²) in [5.74, 6) is 0.831. The van der Waals surface area contributed by atoms with Gasteiger partial charge in [0.15, 0.2) is 0 Å². The average molecular weight is 266 g/mol. The van der Waals surface area contributed by atoms with Crippen LogP contribution in [0, 0.1) is 11.8 Å². The maximum atomic E-state index is 11.3. The lowest BCUT2D eigenvalue weighted by Gasteiger charge is -2.20. The predicted octanol–water partition coefficient (Wildman–Crippen LogP) is 2.91. The number of aliphatic hydroxyl groups is 1. The molecule has 1 fully saturated rings. The maximum absolute atomic E-state index is 11.3. The summed E-state index contributed by atoms with van der Waals surface area (Å²) in [5, 5.41) is 13.7. The van der Waals surface area contributed by atoms with Crippen molar-refractivity contribution in [3.8, 4) is 0 Å². The molecule has 3 nitrogen and oxygen atoms in total. The molecule has 1 heterocycles. The third kappa shape index (κ3) is 2.02. The van der Waals surface area contributed by atoms with Crippen LogP contribution in [0.4, 0.5) is 5.69 Å². The van der Waals surface area contributed by atoms with Crippen LogP contribution in [0.5, 0.6) is 0 Å². The first-order chi connectivity index (χ1) is 8.56. The van der Waals surface area contributed by atoms with Crippen LogP contribution >= 0.6 is 11.6 Å². The number of fused-ring (bicyclic) bond motifs is 1. The van der Waals surface area contributed by atoms with Gasteiger partial charge < -0.3 is 10.4 Å². The van der Waals surface area contributed by atoms with E-state index in [4.69, 9.17) is 11.6 Å². The molecule has 1 aliphatic heterocycles. The molecule has 2 N–H and O–H groups in total. The zero-order chi connectivity index (χ0) is 12.9. The highest BCUT2D eigenvalue weighted by atomic mass is 35.5. The predicted molar refractivity (Wildman–Crippen MR) is 70.6 cm³/mol. The van der Waals surface area contributed by atoms with Gasteiger partial charge in [0.2, 0.25) is 5.91 Å². The fraction of sp³-hybridized carbons (Fsp3) is 0.500. The summed E-state index contributed by atoms with van der Waals surface area (Å²) >= 11 is 6.21. The molecule has 2 aliphatic rings. The van der Waals surface area contributed by atoms with Crippen molar-refractivity contribution in [2.45, 2.75) is 32.3 Å². The van der Waals surface area contributed by atoms with Crippen LogP contribution in [-0.2, 0) is 11.2 Å². The van der Waals surface area contributed by atoms with Crippen LogP contribution in [0.2, 0.25) is 5.02 Å². The largest absolute Gasteiger partial charge is 0.388 e. The zero-order valence-electron chi connectivity index (χ0n) is 10.2. The van der Waals surface area contributed by atoms with E-state index in [-0.39, 0.29) is 11.8 Å². The first-order valence-corrected chi connectivity index (χ1v) is 6.74. The Morgan fingerprint density at radius 2 is 2.17 bits per heavy atom. The van der Waals surface area contributed by atoms with Gasteiger partial charge in [0.05, 0.1) is 12.5 Å². The molecule has 4 heteroatoms. The number of anilines is 1. The van der Waals surface area contributed by atoms with Crippen molar-refractivity contribution in [1.82, 2.24) is 0 Å². The van der Waals surface area contributed by atoms with Crippen LogP contribution in [0.3, 0.4) is 0 Å². The highest BCUT2D eigenvalue weighted by Crippen LogP contribution is 2.44. The summed E-state index contributed by atoms with van der Waals surface area (Å²) in [6, 6.07) is 3.62. The molecule has 96 valence electrons. The molecular formula is C14H16ClNO2. The van der Waals surface area contributed by atoms with Crippen LogP contribution in [0.25, 0.3) is 0 Å². The highest BCUT2D eigenvalue weighted by Gasteiger charge is 2.34. The van der Waals surface area contributed by atoms with Gasteiger partial charge in [-0.05, 0) is 47.9 Å². The SMILES string of the molecule is CC(C1CC1)C(O)c1cc2c(cc1Cl)NC(=O)C2. The summed E-state index contributed by atoms with van der Waals surface area (Å²) in [6.07, 6.45) is 2.23. The molecule has 1 aromatic carbocycles. The molecule has 1 amide bonds. The van der Waals surface area contributed by atoms with E-state index in [2.05, 4.69) is 12.2 Å². The van der Waals surface area contributed by atoms with E-state index in [9.17, 15) is 9.90 Å². The number of amides is 1. The van der Waals surface area contributed by atoms with Crippen molar-refractivity contribution in [2.24, 2.45) is 11.8 Å². The van der Waals surface area contributed by atoms with Gasteiger partial charge in [-0.3, -0.25) is 4.79 Å². The fourth-order valence-electron chi connectivity index (χ4n) is 2.66. The summed E-state index contributed by atoms with van der Waals surface area (Å²) < 4.78 is 0. The first kappa shape index (κ1) is 12.0. The molecule has 1 aromatic rings. The molecule has 2 unspecified atom stereocenters. The number of halogens is 1. The maximum Gasteiger partial charge on any atom is 0.228 e. The molecule has 18 heavy (non-hydrogen) atoms. The van der Waals surface area contributed by atoms with E-state index in [0.29, 0.717) is 17.4 Å². The lowest BCUT2D eigenvalue weighted by molar-refractivity contribution is -0.115. The van der Waals surface area contributed by atoms with Crippen LogP contribution in [-0.4, -0.2) is 11.0 Å². The molecule has 0 bridgehead atoms. The lowest BCUT2D eigenvalue weighted by atomic mass is 9.92. The Kier molecular flexibility index (Phi) is 2.83. The van der Waals surface area contributed by atoms with Gasteiger partial charge in [0, 0.05) is 10.7 Å². The minimum atomic E-state index is -0.536. The van der Waals surface area contributed by atoms with Crippen molar-refractivity contribution < 1.29 is 9.90 Å². The van der Waals surface area contributed by atoms with Gasteiger partial charge in [-0.1, -0.05) is 18.5 Å². The Balaban J connectivity index is 1.92. The summed E-state index contributed by atoms with van der Waals surface area (Å²) in [4.78, 5) is 11.3. The van der Waals surface area contributed by atoms with Gasteiger partial charge >= 0.3 is 0 Å². The van der Waals surface area contributed by atoms with Gasteiger partial charge in [-0.15, -0.1) is 0 Å². The number of hydrogen-bond acceptors (Lipinski definition) is 2. The normalized spacial score (nSPS) is 21.4. The number of benzene rings is 1. The average Bonchev–Trinajstić information content (AvgIpc) is 3.09. The first-order valence-electron chi connectivity index (χ1n) is 6.36. The number of carbonyl (C=O) groups is 1. The number of aliphatic hydroxyl groups excluding tert-OH is 1. The topological polar surface area (TPSA) is 49.3 Å². The summed E-state index contributed by atoms with van der Waals surface area (Å²) in [7, 11) is 0. The minimum Gasteiger partial charge on any atom is -0.388 e. The van der Waals surface area contributed by atoms with Crippen molar-refractivity contribution in [3.05, 3.63) is 28.3 Å². The molecule has 0 saturated heterocycles. The van der Waals surface area contributed by atoms with Crippen LogP contribution < -0.4 is 5.32 Å². The molecule has 1 aliphatic carbocycles. The Morgan fingerprint density at radius 3 is 2.83 bits per heavy atom. The molecular weight excluding hydrogens is 250 g/mol. The van der Waals surface area contributed by atoms with E-state index in [1.807, 2.05) is 6.07 Å². The Morgan fingerprint density at radius 1 is 1.44 bits per heavy atom. The number of nitrogens with one attached hydrogen (secondary N) is 1. The van der Waals surface area contributed by atoms with Gasteiger partial charge in [0.1, 0.15) is 0 Å². The van der Waals surface area contributed by atoms with Crippen LogP contribution in [0.1, 0.15) is 37.0 Å². The van der Waals surface area contributed by atoms with Crippen molar-refractivity contribution in [1.29, 1.82) is 0 Å². The van der Waals surface area contributed by atoms with E-state index in [0.717, 1.165) is 16.8 Å². The second-order valence-corrected chi connectivity index (χ2v) is 5.80. The van der Waals surface area contributed by atoms with E-state index < -0.39 is 6.10 Å². The van der Waals surface area contributed by atoms with Crippen molar-refractivity contribution in [3.63, 3.8) is 0 Å². The third-order valence-electron chi connectivity index (χ3n) is 4.03. The number of carbonyl (C=O) groups excluding carboxylic acids is 1. The second-order valence-electron chi connectivity index (χ2n) is 5.40. The highest BCUT2D eigenvalue weighted by molar-refractivity contribution is 6.32. The molecule has 0 spiro atoms. The Bertz CT molecular complexity index is 511. The third-order valence-corrected chi connectivity index (χ3v) is 4.36. The van der Waals surface area contributed by atoms with Gasteiger partial charge in [-0.25, -0.2) is 0 Å². The molecule has 3 rings (SSSR count). The van der Waals surface area contributed by atoms with E-state index in [1.165, 1.54) is 12.8 Å². The number of hydrogen-bond donors (Lipinski definition) is 2. The minimum absolute atomic E-state index is 0.0112. The van der Waals surface area contributed by atoms with Crippen LogP contribution in [0.15, 0.2) is 12.1 Å². The quantitative estimate of drug-likeness (QED) is 0.883. The monoisotopic (exact) mass is 265 g/mol. The Hall–Kier alpha value is -1.06. The molecule has 2 atom stereocenters. The van der Waals surface area contributed by atoms with Crippen molar-refractivity contribution >= 4 is 23.2 Å². The molecule has 0 radical (unpaired) electrons. The fourth-order valence-corrected chi connectivity index (χ4v) is 2.93. The lowest BCUT2D eigenvalue weighted by Crippen LogP contribution is -2.12. The Labute approximate surface area is 111 Å². The molecule has 1 saturated carbocycles. The van der Waals surface area contributed by atoms with E-state index in [1.54, 1.807) is 6.07 Å².